The third-order valence-corrected chi connectivity index (χ3v) is 4.41. The van der Waals surface area contributed by atoms with Gasteiger partial charge in [-0.1, -0.05) is 27.2 Å². The molecular formula is C10H19AlCl2O. The summed E-state index contributed by atoms with van der Waals surface area (Å²) in [6.45, 7) is 6.80. The van der Waals surface area contributed by atoms with Crippen LogP contribution in [0.4, 0.5) is 0 Å². The first kappa shape index (κ1) is 13.1. The summed E-state index contributed by atoms with van der Waals surface area (Å²) < 4.78 is 5.71. The van der Waals surface area contributed by atoms with Crippen LogP contribution in [0.15, 0.2) is 0 Å². The number of hydrogen-bond donors (Lipinski definition) is 0. The van der Waals surface area contributed by atoms with E-state index in [-0.39, 0.29) is 0 Å². The highest BCUT2D eigenvalue weighted by molar-refractivity contribution is 7.30. The van der Waals surface area contributed by atoms with Crippen molar-refractivity contribution in [2.75, 3.05) is 0 Å². The van der Waals surface area contributed by atoms with Gasteiger partial charge in [0.05, 0.1) is 0 Å². The van der Waals surface area contributed by atoms with E-state index < -0.39 is 12.6 Å². The van der Waals surface area contributed by atoms with Crippen LogP contribution in [-0.4, -0.2) is 18.7 Å². The maximum absolute atomic E-state index is 5.81. The average molecular weight is 253 g/mol. The summed E-state index contributed by atoms with van der Waals surface area (Å²) >= 11 is -1.91. The van der Waals surface area contributed by atoms with E-state index in [1.807, 2.05) is 0 Å². The Morgan fingerprint density at radius 2 is 1.93 bits per heavy atom. The first-order valence-corrected chi connectivity index (χ1v) is 9.40. The predicted octanol–water partition coefficient (Wildman–Crippen LogP) is 3.93. The Bertz CT molecular complexity index is 174. The molecule has 1 aliphatic carbocycles. The van der Waals surface area contributed by atoms with E-state index in [9.17, 15) is 0 Å². The van der Waals surface area contributed by atoms with Gasteiger partial charge in [-0.25, -0.2) is 0 Å². The highest BCUT2D eigenvalue weighted by Gasteiger charge is 2.33. The molecule has 1 rings (SSSR count). The van der Waals surface area contributed by atoms with Crippen LogP contribution >= 0.6 is 20.1 Å². The Labute approximate surface area is 100 Å². The lowest BCUT2D eigenvalue weighted by Gasteiger charge is -2.38. The van der Waals surface area contributed by atoms with E-state index >= 15 is 0 Å². The molecule has 82 valence electrons. The van der Waals surface area contributed by atoms with Crippen LogP contribution in [0.25, 0.3) is 0 Å². The lowest BCUT2D eigenvalue weighted by Crippen LogP contribution is -2.36. The molecule has 4 heteroatoms. The molecule has 0 heterocycles. The minimum atomic E-state index is -1.91. The molecule has 14 heavy (non-hydrogen) atoms. The van der Waals surface area contributed by atoms with Crippen LogP contribution < -0.4 is 0 Å². The number of rotatable bonds is 3. The lowest BCUT2D eigenvalue weighted by molar-refractivity contribution is 0.0497. The molecule has 0 N–H and O–H groups in total. The number of halogens is 2. The highest BCUT2D eigenvalue weighted by Crippen LogP contribution is 2.35. The predicted molar refractivity (Wildman–Crippen MR) is 63.7 cm³/mol. The van der Waals surface area contributed by atoms with Gasteiger partial charge < -0.3 is 3.79 Å². The number of hydrogen-bond acceptors (Lipinski definition) is 1. The molecule has 0 aliphatic heterocycles. The molecular weight excluding hydrogens is 234 g/mol. The van der Waals surface area contributed by atoms with Gasteiger partial charge >= 0.3 is 12.6 Å². The molecule has 1 nitrogen and oxygen atoms in total. The Balaban J connectivity index is 2.54. The van der Waals surface area contributed by atoms with Crippen molar-refractivity contribution >= 4 is 32.7 Å². The second kappa shape index (κ2) is 5.97. The van der Waals surface area contributed by atoms with Crippen molar-refractivity contribution < 1.29 is 3.79 Å². The van der Waals surface area contributed by atoms with Crippen molar-refractivity contribution in [3.8, 4) is 0 Å². The van der Waals surface area contributed by atoms with Gasteiger partial charge in [-0.15, -0.1) is 0 Å². The Kier molecular flexibility index (Phi) is 5.60. The highest BCUT2D eigenvalue weighted by atomic mass is 35.7. The van der Waals surface area contributed by atoms with Gasteiger partial charge in [0.15, 0.2) is 0 Å². The summed E-state index contributed by atoms with van der Waals surface area (Å²) in [5, 5.41) is 0. The summed E-state index contributed by atoms with van der Waals surface area (Å²) in [6.07, 6.45) is 4.02. The van der Waals surface area contributed by atoms with Crippen molar-refractivity contribution in [2.24, 2.45) is 17.8 Å². The van der Waals surface area contributed by atoms with E-state index in [4.69, 9.17) is 23.9 Å². The summed E-state index contributed by atoms with van der Waals surface area (Å²) in [5.41, 5.74) is 0. The summed E-state index contributed by atoms with van der Waals surface area (Å²) in [5.74, 6) is 2.09. The second-order valence-corrected chi connectivity index (χ2v) is 8.60. The monoisotopic (exact) mass is 252 g/mol. The maximum Gasteiger partial charge on any atom is 0.725 e. The summed E-state index contributed by atoms with van der Waals surface area (Å²) in [4.78, 5) is 0. The molecule has 0 bridgehead atoms. The zero-order chi connectivity index (χ0) is 10.7. The second-order valence-electron chi connectivity index (χ2n) is 4.76. The van der Waals surface area contributed by atoms with Crippen LogP contribution in [0.5, 0.6) is 0 Å². The van der Waals surface area contributed by atoms with Gasteiger partial charge in [0.25, 0.3) is 0 Å². The molecule has 3 atom stereocenters. The van der Waals surface area contributed by atoms with Crippen molar-refractivity contribution in [3.63, 3.8) is 0 Å². The lowest BCUT2D eigenvalue weighted by atomic mass is 9.75. The van der Waals surface area contributed by atoms with Crippen molar-refractivity contribution in [3.05, 3.63) is 0 Å². The molecule has 0 amide bonds. The summed E-state index contributed by atoms with van der Waals surface area (Å²) in [6, 6.07) is 0. The van der Waals surface area contributed by atoms with E-state index in [1.165, 1.54) is 12.8 Å². The van der Waals surface area contributed by atoms with Crippen LogP contribution in [0.1, 0.15) is 40.0 Å². The Hall–Kier alpha value is 1.07. The van der Waals surface area contributed by atoms with Crippen molar-refractivity contribution in [1.29, 1.82) is 0 Å². The molecule has 3 unspecified atom stereocenters. The van der Waals surface area contributed by atoms with Gasteiger partial charge in [-0.05, 0) is 30.6 Å². The third kappa shape index (κ3) is 3.91. The molecule has 0 saturated heterocycles. The van der Waals surface area contributed by atoms with Gasteiger partial charge in [0, 0.05) is 6.10 Å². The maximum atomic E-state index is 5.81. The topological polar surface area (TPSA) is 9.23 Å². The minimum absolute atomic E-state index is 0.311. The van der Waals surface area contributed by atoms with Crippen molar-refractivity contribution in [2.45, 2.75) is 46.1 Å². The zero-order valence-electron chi connectivity index (χ0n) is 9.17. The normalized spacial score (nSPS) is 33.4. The molecule has 0 radical (unpaired) electrons. The fourth-order valence-electron chi connectivity index (χ4n) is 2.40. The smallest absolute Gasteiger partial charge is 0.474 e. The molecule has 0 aromatic rings. The van der Waals surface area contributed by atoms with E-state index in [0.29, 0.717) is 17.9 Å². The minimum Gasteiger partial charge on any atom is -0.474 e. The fourth-order valence-corrected chi connectivity index (χ4v) is 3.77. The van der Waals surface area contributed by atoms with Crippen molar-refractivity contribution in [1.82, 2.24) is 0 Å². The Morgan fingerprint density at radius 3 is 2.43 bits per heavy atom. The van der Waals surface area contributed by atoms with Gasteiger partial charge in [-0.2, -0.15) is 20.1 Å². The molecule has 0 aromatic heterocycles. The van der Waals surface area contributed by atoms with E-state index in [2.05, 4.69) is 20.8 Å². The molecule has 1 saturated carbocycles. The SMILES string of the molecule is CC1CCC(C(C)C)C([O][Al]([Cl])[Cl])C1. The van der Waals surface area contributed by atoms with Crippen LogP contribution in [0.3, 0.4) is 0 Å². The van der Waals surface area contributed by atoms with Gasteiger partial charge in [0.2, 0.25) is 0 Å². The first-order valence-electron chi connectivity index (χ1n) is 5.44. The molecule has 0 spiro atoms. The molecule has 1 fully saturated rings. The summed E-state index contributed by atoms with van der Waals surface area (Å²) in [7, 11) is 11.6. The first-order chi connectivity index (χ1) is 6.50. The largest absolute Gasteiger partial charge is 0.725 e. The van der Waals surface area contributed by atoms with Crippen LogP contribution in [-0.2, 0) is 3.79 Å². The van der Waals surface area contributed by atoms with Crippen LogP contribution in [0, 0.1) is 17.8 Å². The van der Waals surface area contributed by atoms with E-state index in [1.54, 1.807) is 0 Å². The standard InChI is InChI=1S/C10H19O.Al.2ClH/c1-7(2)9-5-4-8(3)6-10(9)11;;;/h7-10H,4-6H2,1-3H3;;2*1H/q-1;+3;;/p-2. The zero-order valence-corrected chi connectivity index (χ0v) is 11.8. The van der Waals surface area contributed by atoms with E-state index in [0.717, 1.165) is 12.3 Å². The third-order valence-electron chi connectivity index (χ3n) is 3.24. The van der Waals surface area contributed by atoms with Crippen LogP contribution in [0.2, 0.25) is 0 Å². The molecule has 0 aromatic carbocycles. The fraction of sp³-hybridized carbons (Fsp3) is 1.00. The molecule has 1 aliphatic rings. The average Bonchev–Trinajstić information content (AvgIpc) is 2.01. The quantitative estimate of drug-likeness (QED) is 0.692. The van der Waals surface area contributed by atoms with Gasteiger partial charge in [-0.3, -0.25) is 0 Å². The Morgan fingerprint density at radius 1 is 1.29 bits per heavy atom. The van der Waals surface area contributed by atoms with Gasteiger partial charge in [0.1, 0.15) is 0 Å².